The van der Waals surface area contributed by atoms with Crippen molar-refractivity contribution in [3.8, 4) is 0 Å². The molecule has 0 saturated heterocycles. The summed E-state index contributed by atoms with van der Waals surface area (Å²) in [5.41, 5.74) is -1.19. The van der Waals surface area contributed by atoms with E-state index in [0.29, 0.717) is 19.6 Å². The van der Waals surface area contributed by atoms with Gasteiger partial charge >= 0.3 is 0 Å². The van der Waals surface area contributed by atoms with Gasteiger partial charge in [0.25, 0.3) is 0 Å². The van der Waals surface area contributed by atoms with Crippen LogP contribution in [0.5, 0.6) is 0 Å². The Morgan fingerprint density at radius 2 is 2.11 bits per heavy atom. The number of nitrogens with zero attached hydrogens (tertiary/aromatic N) is 1. The molecule has 5 nitrogen and oxygen atoms in total. The molecular formula is C13H26N2O3. The summed E-state index contributed by atoms with van der Waals surface area (Å²) in [5, 5.41) is 13.3. The van der Waals surface area contributed by atoms with Gasteiger partial charge in [-0.3, -0.25) is 4.79 Å². The maximum Gasteiger partial charge on any atom is 0.234 e. The number of hydrogen-bond acceptors (Lipinski definition) is 4. The SMILES string of the molecule is CCO[C@@H]1C[C@@](O)(CNC(=O)CN(C)C)C1(C)C. The molecule has 1 fully saturated rings. The van der Waals surface area contributed by atoms with Crippen molar-refractivity contribution < 1.29 is 14.6 Å². The fourth-order valence-corrected chi connectivity index (χ4v) is 2.35. The van der Waals surface area contributed by atoms with E-state index < -0.39 is 5.60 Å². The summed E-state index contributed by atoms with van der Waals surface area (Å²) >= 11 is 0. The number of nitrogens with one attached hydrogen (secondary N) is 1. The summed E-state index contributed by atoms with van der Waals surface area (Å²) in [7, 11) is 3.68. The van der Waals surface area contributed by atoms with E-state index in [1.165, 1.54) is 0 Å². The lowest BCUT2D eigenvalue weighted by atomic mass is 9.56. The van der Waals surface area contributed by atoms with E-state index in [0.717, 1.165) is 0 Å². The zero-order valence-corrected chi connectivity index (χ0v) is 12.1. The molecule has 2 N–H and O–H groups in total. The Bertz CT molecular complexity index is 305. The lowest BCUT2D eigenvalue weighted by molar-refractivity contribution is -0.238. The zero-order chi connectivity index (χ0) is 14.0. The lowest BCUT2D eigenvalue weighted by Crippen LogP contribution is -2.68. The van der Waals surface area contributed by atoms with Crippen LogP contribution in [-0.2, 0) is 9.53 Å². The quantitative estimate of drug-likeness (QED) is 0.716. The zero-order valence-electron chi connectivity index (χ0n) is 12.1. The fraction of sp³-hybridized carbons (Fsp3) is 0.923. The van der Waals surface area contributed by atoms with Crippen LogP contribution in [0.1, 0.15) is 27.2 Å². The van der Waals surface area contributed by atoms with E-state index in [1.807, 2.05) is 34.9 Å². The first-order chi connectivity index (χ1) is 8.23. The number of carbonyl (C=O) groups is 1. The van der Waals surface area contributed by atoms with Gasteiger partial charge in [-0.2, -0.15) is 0 Å². The molecule has 0 aromatic rings. The molecule has 1 rings (SSSR count). The van der Waals surface area contributed by atoms with Gasteiger partial charge in [-0.25, -0.2) is 0 Å². The highest BCUT2D eigenvalue weighted by atomic mass is 16.5. The van der Waals surface area contributed by atoms with Gasteiger partial charge in [0.15, 0.2) is 0 Å². The Morgan fingerprint density at radius 1 is 1.50 bits per heavy atom. The van der Waals surface area contributed by atoms with Crippen molar-refractivity contribution in [2.24, 2.45) is 5.41 Å². The Balaban J connectivity index is 2.45. The van der Waals surface area contributed by atoms with Gasteiger partial charge in [-0.05, 0) is 21.0 Å². The highest BCUT2D eigenvalue weighted by molar-refractivity contribution is 5.78. The molecule has 2 atom stereocenters. The Hall–Kier alpha value is -0.650. The van der Waals surface area contributed by atoms with Crippen molar-refractivity contribution >= 4 is 5.91 Å². The minimum atomic E-state index is -0.866. The summed E-state index contributed by atoms with van der Waals surface area (Å²) in [6.07, 6.45) is 0.647. The van der Waals surface area contributed by atoms with Crippen LogP contribution in [0.25, 0.3) is 0 Å². The van der Waals surface area contributed by atoms with Gasteiger partial charge in [0.1, 0.15) is 0 Å². The van der Waals surface area contributed by atoms with E-state index in [4.69, 9.17) is 4.74 Å². The Kier molecular flexibility index (Phi) is 4.75. The van der Waals surface area contributed by atoms with Crippen molar-refractivity contribution in [1.82, 2.24) is 10.2 Å². The first-order valence-corrected chi connectivity index (χ1v) is 6.48. The summed E-state index contributed by atoms with van der Waals surface area (Å²) < 4.78 is 5.58. The summed E-state index contributed by atoms with van der Waals surface area (Å²) in [6, 6.07) is 0. The number of ether oxygens (including phenoxy) is 1. The minimum Gasteiger partial charge on any atom is -0.387 e. The molecule has 0 spiro atoms. The monoisotopic (exact) mass is 258 g/mol. The molecule has 0 aromatic heterocycles. The molecule has 1 saturated carbocycles. The average molecular weight is 258 g/mol. The van der Waals surface area contributed by atoms with Crippen molar-refractivity contribution in [2.75, 3.05) is 33.8 Å². The molecule has 0 aromatic carbocycles. The number of amides is 1. The van der Waals surface area contributed by atoms with Crippen LogP contribution in [0.15, 0.2) is 0 Å². The molecule has 0 unspecified atom stereocenters. The number of carbonyl (C=O) groups excluding carboxylic acids is 1. The van der Waals surface area contributed by atoms with E-state index in [2.05, 4.69) is 5.32 Å². The van der Waals surface area contributed by atoms with Gasteiger partial charge in [0.2, 0.25) is 5.91 Å². The molecule has 0 aliphatic heterocycles. The highest BCUT2D eigenvalue weighted by Crippen LogP contribution is 2.50. The third kappa shape index (κ3) is 3.02. The number of hydrogen-bond donors (Lipinski definition) is 2. The fourth-order valence-electron chi connectivity index (χ4n) is 2.35. The van der Waals surface area contributed by atoms with Crippen LogP contribution < -0.4 is 5.32 Å². The summed E-state index contributed by atoms with van der Waals surface area (Å²) in [4.78, 5) is 13.4. The van der Waals surface area contributed by atoms with Crippen molar-refractivity contribution in [1.29, 1.82) is 0 Å². The number of likely N-dealkylation sites (N-methyl/N-ethyl adjacent to an activating group) is 1. The van der Waals surface area contributed by atoms with E-state index in [1.54, 1.807) is 4.90 Å². The smallest absolute Gasteiger partial charge is 0.234 e. The van der Waals surface area contributed by atoms with Crippen LogP contribution in [0.3, 0.4) is 0 Å². The van der Waals surface area contributed by atoms with Crippen LogP contribution in [-0.4, -0.2) is 61.4 Å². The van der Waals surface area contributed by atoms with E-state index in [9.17, 15) is 9.90 Å². The topological polar surface area (TPSA) is 61.8 Å². The maximum absolute atomic E-state index is 11.6. The molecule has 0 heterocycles. The first-order valence-electron chi connectivity index (χ1n) is 6.48. The van der Waals surface area contributed by atoms with Crippen LogP contribution in [0.2, 0.25) is 0 Å². The molecule has 1 amide bonds. The summed E-state index contributed by atoms with van der Waals surface area (Å²) in [6.45, 7) is 7.19. The Morgan fingerprint density at radius 3 is 2.56 bits per heavy atom. The lowest BCUT2D eigenvalue weighted by Gasteiger charge is -2.57. The second kappa shape index (κ2) is 5.55. The molecule has 106 valence electrons. The standard InChI is InChI=1S/C13H26N2O3/c1-6-18-10-7-13(17,12(10,2)3)9-14-11(16)8-15(4)5/h10,17H,6-9H2,1-5H3,(H,14,16)/t10-,13-/m1/s1. The van der Waals surface area contributed by atoms with Gasteiger partial charge in [-0.15, -0.1) is 0 Å². The number of aliphatic hydroxyl groups is 1. The second-order valence-corrected chi connectivity index (χ2v) is 5.92. The Labute approximate surface area is 109 Å². The van der Waals surface area contributed by atoms with Crippen molar-refractivity contribution in [3.63, 3.8) is 0 Å². The second-order valence-electron chi connectivity index (χ2n) is 5.92. The molecule has 1 aliphatic carbocycles. The largest absolute Gasteiger partial charge is 0.387 e. The van der Waals surface area contributed by atoms with Crippen LogP contribution >= 0.6 is 0 Å². The van der Waals surface area contributed by atoms with Crippen LogP contribution in [0.4, 0.5) is 0 Å². The maximum atomic E-state index is 11.6. The van der Waals surface area contributed by atoms with Gasteiger partial charge in [0.05, 0.1) is 18.2 Å². The van der Waals surface area contributed by atoms with Crippen molar-refractivity contribution in [2.45, 2.75) is 38.9 Å². The third-order valence-electron chi connectivity index (χ3n) is 3.93. The first kappa shape index (κ1) is 15.4. The highest BCUT2D eigenvalue weighted by Gasteiger charge is 2.59. The molecule has 0 bridgehead atoms. The van der Waals surface area contributed by atoms with Crippen LogP contribution in [0, 0.1) is 5.41 Å². The molecule has 1 aliphatic rings. The van der Waals surface area contributed by atoms with Crippen molar-refractivity contribution in [3.05, 3.63) is 0 Å². The normalized spacial score (nSPS) is 30.1. The van der Waals surface area contributed by atoms with Gasteiger partial charge in [-0.1, -0.05) is 13.8 Å². The molecule has 5 heteroatoms. The van der Waals surface area contributed by atoms with Gasteiger partial charge in [0, 0.05) is 25.0 Å². The summed E-state index contributed by atoms with van der Waals surface area (Å²) in [5.74, 6) is -0.0657. The predicted molar refractivity (Wildman–Crippen MR) is 70.3 cm³/mol. The van der Waals surface area contributed by atoms with E-state index in [-0.39, 0.29) is 24.0 Å². The molecule has 0 radical (unpaired) electrons. The molecular weight excluding hydrogens is 232 g/mol. The van der Waals surface area contributed by atoms with Gasteiger partial charge < -0.3 is 20.1 Å². The number of rotatable bonds is 6. The molecule has 18 heavy (non-hydrogen) atoms. The third-order valence-corrected chi connectivity index (χ3v) is 3.93. The average Bonchev–Trinajstić information content (AvgIpc) is 2.25. The predicted octanol–water partition coefficient (Wildman–Crippen LogP) is 0.230. The van der Waals surface area contributed by atoms with E-state index >= 15 is 0 Å². The minimum absolute atomic E-state index is 0.0657.